The number of rotatable bonds is 4. The summed E-state index contributed by atoms with van der Waals surface area (Å²) in [5, 5.41) is 11.9. The van der Waals surface area contributed by atoms with Crippen molar-refractivity contribution in [3.63, 3.8) is 0 Å². The number of amides is 1. The summed E-state index contributed by atoms with van der Waals surface area (Å²) in [5.74, 6) is 1.28. The molecule has 3 heterocycles. The third kappa shape index (κ3) is 3.31. The van der Waals surface area contributed by atoms with E-state index in [2.05, 4.69) is 12.1 Å². The molecule has 5 nitrogen and oxygen atoms in total. The minimum absolute atomic E-state index is 0.00741. The van der Waals surface area contributed by atoms with Crippen LogP contribution in [0.25, 0.3) is 0 Å². The maximum Gasteiger partial charge on any atom is 0.267 e. The summed E-state index contributed by atoms with van der Waals surface area (Å²) in [4.78, 5) is 15.4. The van der Waals surface area contributed by atoms with Gasteiger partial charge in [0.25, 0.3) is 5.91 Å². The lowest BCUT2D eigenvalue weighted by molar-refractivity contribution is 0.0357. The molecular weight excluding hydrogens is 350 g/mol. The Kier molecular flexibility index (Phi) is 4.87. The molecule has 0 aliphatic carbocycles. The fourth-order valence-corrected chi connectivity index (χ4v) is 4.65. The molecule has 1 amide bonds. The van der Waals surface area contributed by atoms with Gasteiger partial charge in [0.2, 0.25) is 0 Å². The molecule has 138 valence electrons. The van der Waals surface area contributed by atoms with Gasteiger partial charge in [0.15, 0.2) is 11.5 Å². The SMILES string of the molecule is O=C(c1scc2c1OCCO2)N1CCC(CO)(Cc2ccccc2)CC1. The van der Waals surface area contributed by atoms with Gasteiger partial charge in [0.1, 0.15) is 18.1 Å². The van der Waals surface area contributed by atoms with Gasteiger partial charge in [-0.25, -0.2) is 0 Å². The number of hydrogen-bond donors (Lipinski definition) is 1. The van der Waals surface area contributed by atoms with E-state index in [1.165, 1.54) is 16.9 Å². The van der Waals surface area contributed by atoms with Crippen LogP contribution in [0.4, 0.5) is 0 Å². The van der Waals surface area contributed by atoms with Crippen LogP contribution in [0.15, 0.2) is 35.7 Å². The summed E-state index contributed by atoms with van der Waals surface area (Å²) in [7, 11) is 0. The molecule has 1 fully saturated rings. The average Bonchev–Trinajstić information content (AvgIpc) is 3.13. The lowest BCUT2D eigenvalue weighted by atomic mass is 9.74. The van der Waals surface area contributed by atoms with Gasteiger partial charge in [-0.2, -0.15) is 0 Å². The quantitative estimate of drug-likeness (QED) is 0.895. The zero-order chi connectivity index (χ0) is 18.0. The maximum atomic E-state index is 12.9. The fraction of sp³-hybridized carbons (Fsp3) is 0.450. The van der Waals surface area contributed by atoms with E-state index in [0.717, 1.165) is 19.3 Å². The summed E-state index contributed by atoms with van der Waals surface area (Å²) < 4.78 is 11.2. The molecule has 2 aromatic rings. The second kappa shape index (κ2) is 7.29. The molecule has 26 heavy (non-hydrogen) atoms. The number of piperidine rings is 1. The Morgan fingerprint density at radius 2 is 1.88 bits per heavy atom. The molecule has 1 saturated heterocycles. The summed E-state index contributed by atoms with van der Waals surface area (Å²) in [5.41, 5.74) is 1.09. The van der Waals surface area contributed by atoms with Gasteiger partial charge >= 0.3 is 0 Å². The van der Waals surface area contributed by atoms with Gasteiger partial charge in [-0.3, -0.25) is 4.79 Å². The van der Waals surface area contributed by atoms with Crippen molar-refractivity contribution in [1.29, 1.82) is 0 Å². The Bertz CT molecular complexity index is 765. The minimum Gasteiger partial charge on any atom is -0.485 e. The molecule has 4 rings (SSSR count). The standard InChI is InChI=1S/C20H23NO4S/c22-14-20(12-15-4-2-1-3-5-15)6-8-21(9-7-20)19(23)18-17-16(13-26-18)24-10-11-25-17/h1-5,13,22H,6-12,14H2. The first-order valence-electron chi connectivity index (χ1n) is 9.02. The van der Waals surface area contributed by atoms with Crippen LogP contribution in [0.5, 0.6) is 11.5 Å². The lowest BCUT2D eigenvalue weighted by Crippen LogP contribution is -2.45. The van der Waals surface area contributed by atoms with Crippen molar-refractivity contribution >= 4 is 17.2 Å². The number of carbonyl (C=O) groups excluding carboxylic acids is 1. The minimum atomic E-state index is -0.146. The summed E-state index contributed by atoms with van der Waals surface area (Å²) in [6, 6.07) is 10.3. The van der Waals surface area contributed by atoms with E-state index < -0.39 is 0 Å². The number of aliphatic hydroxyl groups is 1. The van der Waals surface area contributed by atoms with Crippen LogP contribution in [0.3, 0.4) is 0 Å². The van der Waals surface area contributed by atoms with E-state index in [9.17, 15) is 9.90 Å². The van der Waals surface area contributed by atoms with Gasteiger partial charge < -0.3 is 19.5 Å². The highest BCUT2D eigenvalue weighted by atomic mass is 32.1. The van der Waals surface area contributed by atoms with Crippen LogP contribution < -0.4 is 9.47 Å². The molecule has 1 aromatic heterocycles. The Balaban J connectivity index is 1.44. The topological polar surface area (TPSA) is 59.0 Å². The summed E-state index contributed by atoms with van der Waals surface area (Å²) in [6.07, 6.45) is 2.45. The molecule has 2 aliphatic heterocycles. The van der Waals surface area contributed by atoms with Crippen LogP contribution in [0.1, 0.15) is 28.1 Å². The van der Waals surface area contributed by atoms with Gasteiger partial charge in [0.05, 0.1) is 0 Å². The monoisotopic (exact) mass is 373 g/mol. The molecule has 1 N–H and O–H groups in total. The highest BCUT2D eigenvalue weighted by Crippen LogP contribution is 2.41. The Morgan fingerprint density at radius 1 is 1.15 bits per heavy atom. The zero-order valence-corrected chi connectivity index (χ0v) is 15.5. The summed E-state index contributed by atoms with van der Waals surface area (Å²) in [6.45, 7) is 2.46. The number of ether oxygens (including phenoxy) is 2. The zero-order valence-electron chi connectivity index (χ0n) is 14.6. The molecule has 0 unspecified atom stereocenters. The van der Waals surface area contributed by atoms with Crippen molar-refractivity contribution in [3.8, 4) is 11.5 Å². The van der Waals surface area contributed by atoms with Gasteiger partial charge in [-0.05, 0) is 24.8 Å². The number of carbonyl (C=O) groups is 1. The number of benzene rings is 1. The number of fused-ring (bicyclic) bond motifs is 1. The van der Waals surface area contributed by atoms with E-state index in [1.54, 1.807) is 0 Å². The van der Waals surface area contributed by atoms with Gasteiger partial charge in [-0.15, -0.1) is 11.3 Å². The molecule has 0 bridgehead atoms. The Hall–Kier alpha value is -2.05. The molecule has 0 saturated carbocycles. The van der Waals surface area contributed by atoms with Crippen molar-refractivity contribution in [2.75, 3.05) is 32.9 Å². The van der Waals surface area contributed by atoms with Gasteiger partial charge in [0, 0.05) is 30.5 Å². The van der Waals surface area contributed by atoms with E-state index in [0.29, 0.717) is 42.7 Å². The fourth-order valence-electron chi connectivity index (χ4n) is 3.76. The molecule has 6 heteroatoms. The maximum absolute atomic E-state index is 12.9. The van der Waals surface area contributed by atoms with Crippen LogP contribution in [-0.4, -0.2) is 48.8 Å². The lowest BCUT2D eigenvalue weighted by Gasteiger charge is -2.41. The predicted octanol–water partition coefficient (Wildman–Crippen LogP) is 2.98. The van der Waals surface area contributed by atoms with Crippen molar-refractivity contribution in [2.45, 2.75) is 19.3 Å². The van der Waals surface area contributed by atoms with Gasteiger partial charge in [-0.1, -0.05) is 30.3 Å². The average molecular weight is 373 g/mol. The van der Waals surface area contributed by atoms with E-state index >= 15 is 0 Å². The number of nitrogens with zero attached hydrogens (tertiary/aromatic N) is 1. The Labute approximate surface area is 157 Å². The van der Waals surface area contributed by atoms with Crippen LogP contribution in [0.2, 0.25) is 0 Å². The van der Waals surface area contributed by atoms with E-state index in [4.69, 9.17) is 9.47 Å². The number of aliphatic hydroxyl groups excluding tert-OH is 1. The molecule has 0 spiro atoms. The number of hydrogen-bond acceptors (Lipinski definition) is 5. The van der Waals surface area contributed by atoms with E-state index in [-0.39, 0.29) is 17.9 Å². The highest BCUT2D eigenvalue weighted by molar-refractivity contribution is 7.12. The van der Waals surface area contributed by atoms with Crippen molar-refractivity contribution in [2.24, 2.45) is 5.41 Å². The second-order valence-electron chi connectivity index (χ2n) is 7.07. The van der Waals surface area contributed by atoms with E-state index in [1.807, 2.05) is 28.5 Å². The predicted molar refractivity (Wildman–Crippen MR) is 100 cm³/mol. The number of likely N-dealkylation sites (tertiary alicyclic amines) is 1. The molecular formula is C20H23NO4S. The second-order valence-corrected chi connectivity index (χ2v) is 7.95. The first-order valence-corrected chi connectivity index (χ1v) is 9.90. The first kappa shape index (κ1) is 17.4. The smallest absolute Gasteiger partial charge is 0.267 e. The molecule has 0 atom stereocenters. The molecule has 1 aromatic carbocycles. The third-order valence-corrected chi connectivity index (χ3v) is 6.29. The van der Waals surface area contributed by atoms with Crippen LogP contribution in [-0.2, 0) is 6.42 Å². The molecule has 2 aliphatic rings. The number of thiophene rings is 1. The van der Waals surface area contributed by atoms with Crippen molar-refractivity contribution in [3.05, 3.63) is 46.2 Å². The molecule has 0 radical (unpaired) electrons. The van der Waals surface area contributed by atoms with Crippen molar-refractivity contribution in [1.82, 2.24) is 4.90 Å². The van der Waals surface area contributed by atoms with Crippen LogP contribution in [0, 0.1) is 5.41 Å². The van der Waals surface area contributed by atoms with Crippen molar-refractivity contribution < 1.29 is 19.4 Å². The highest BCUT2D eigenvalue weighted by Gasteiger charge is 2.37. The normalized spacial score (nSPS) is 18.6. The van der Waals surface area contributed by atoms with Crippen LogP contribution >= 0.6 is 11.3 Å². The largest absolute Gasteiger partial charge is 0.485 e. The third-order valence-electron chi connectivity index (χ3n) is 5.36. The first-order chi connectivity index (χ1) is 12.7. The summed E-state index contributed by atoms with van der Waals surface area (Å²) >= 11 is 1.38. The Morgan fingerprint density at radius 3 is 2.62 bits per heavy atom.